The van der Waals surface area contributed by atoms with Crippen molar-refractivity contribution in [1.82, 2.24) is 5.32 Å². The summed E-state index contributed by atoms with van der Waals surface area (Å²) in [4.78, 5) is 23.5. The summed E-state index contributed by atoms with van der Waals surface area (Å²) in [6.07, 6.45) is 0.863. The number of rotatable bonds is 4. The smallest absolute Gasteiger partial charge is 0.313 e. The molecule has 0 bridgehead atoms. The summed E-state index contributed by atoms with van der Waals surface area (Å²) in [7, 11) is 0. The van der Waals surface area contributed by atoms with E-state index in [-0.39, 0.29) is 0 Å². The van der Waals surface area contributed by atoms with Crippen LogP contribution in [0.5, 0.6) is 0 Å². The van der Waals surface area contributed by atoms with Gasteiger partial charge in [0.15, 0.2) is 0 Å². The molecule has 0 atom stereocenters. The number of hydrogen-bond acceptors (Lipinski definition) is 2. The largest absolute Gasteiger partial charge is 0.348 e. The molecule has 0 heterocycles. The minimum Gasteiger partial charge on any atom is -0.348 e. The van der Waals surface area contributed by atoms with Gasteiger partial charge in [-0.2, -0.15) is 0 Å². The lowest BCUT2D eigenvalue weighted by Crippen LogP contribution is -2.36. The highest BCUT2D eigenvalue weighted by Gasteiger charge is 2.15. The molecule has 1 rings (SSSR count). The van der Waals surface area contributed by atoms with Gasteiger partial charge in [-0.25, -0.2) is 0 Å². The average molecular weight is 276 g/mol. The first-order chi connectivity index (χ1) is 9.31. The van der Waals surface area contributed by atoms with Crippen molar-refractivity contribution in [2.45, 2.75) is 41.0 Å². The zero-order valence-corrected chi connectivity index (χ0v) is 13.0. The van der Waals surface area contributed by atoms with Crippen LogP contribution >= 0.6 is 0 Å². The first kappa shape index (κ1) is 16.2. The van der Waals surface area contributed by atoms with Gasteiger partial charge in [0, 0.05) is 12.2 Å². The highest BCUT2D eigenvalue weighted by Crippen LogP contribution is 2.21. The van der Waals surface area contributed by atoms with E-state index in [0.717, 1.165) is 28.8 Å². The highest BCUT2D eigenvalue weighted by molar-refractivity contribution is 6.39. The Balaban J connectivity index is 2.64. The fourth-order valence-electron chi connectivity index (χ4n) is 2.10. The van der Waals surface area contributed by atoms with Crippen molar-refractivity contribution in [3.8, 4) is 0 Å². The predicted octanol–water partition coefficient (Wildman–Crippen LogP) is 2.71. The van der Waals surface area contributed by atoms with Crippen LogP contribution in [0.1, 0.15) is 37.0 Å². The summed E-state index contributed by atoms with van der Waals surface area (Å²) in [6.45, 7) is 10.5. The van der Waals surface area contributed by atoms with Crippen LogP contribution in [0.4, 0.5) is 5.69 Å². The Kier molecular flexibility index (Phi) is 5.74. The summed E-state index contributed by atoms with van der Waals surface area (Å²) >= 11 is 0. The van der Waals surface area contributed by atoms with Crippen molar-refractivity contribution in [1.29, 1.82) is 0 Å². The lowest BCUT2D eigenvalue weighted by atomic mass is 10.1. The maximum Gasteiger partial charge on any atom is 0.313 e. The molecule has 0 aromatic heterocycles. The van der Waals surface area contributed by atoms with E-state index in [4.69, 9.17) is 0 Å². The van der Waals surface area contributed by atoms with Gasteiger partial charge in [0.05, 0.1) is 0 Å². The molecular formula is C16H24N2O2. The van der Waals surface area contributed by atoms with Gasteiger partial charge in [-0.1, -0.05) is 31.5 Å². The summed E-state index contributed by atoms with van der Waals surface area (Å²) in [6, 6.07) is 3.97. The number of anilines is 1. The van der Waals surface area contributed by atoms with Gasteiger partial charge >= 0.3 is 11.8 Å². The van der Waals surface area contributed by atoms with Crippen LogP contribution < -0.4 is 10.6 Å². The van der Waals surface area contributed by atoms with Crippen LogP contribution in [0, 0.1) is 26.7 Å². The molecule has 1 aromatic rings. The molecule has 0 aliphatic heterocycles. The summed E-state index contributed by atoms with van der Waals surface area (Å²) in [5.41, 5.74) is 3.79. The molecule has 4 nitrogen and oxygen atoms in total. The molecule has 20 heavy (non-hydrogen) atoms. The Labute approximate surface area is 121 Å². The minimum atomic E-state index is -0.608. The van der Waals surface area contributed by atoms with Gasteiger partial charge in [-0.15, -0.1) is 0 Å². The van der Waals surface area contributed by atoms with E-state index in [9.17, 15) is 9.59 Å². The molecule has 0 saturated carbocycles. The number of nitrogens with one attached hydrogen (secondary N) is 2. The highest BCUT2D eigenvalue weighted by atomic mass is 16.2. The maximum atomic E-state index is 11.9. The fourth-order valence-corrected chi connectivity index (χ4v) is 2.10. The van der Waals surface area contributed by atoms with Crippen molar-refractivity contribution in [3.63, 3.8) is 0 Å². The van der Waals surface area contributed by atoms with Crippen LogP contribution in [0.3, 0.4) is 0 Å². The molecule has 2 amide bonds. The standard InChI is InChI=1S/C16H24N2O2/c1-10(2)6-7-17-15(19)16(20)18-14-12(4)8-11(3)9-13(14)5/h8-10H,6-7H2,1-5H3,(H,17,19)(H,18,20). The van der Waals surface area contributed by atoms with Gasteiger partial charge < -0.3 is 10.6 Å². The zero-order valence-electron chi connectivity index (χ0n) is 13.0. The number of amides is 2. The minimum absolute atomic E-state index is 0.500. The summed E-state index contributed by atoms with van der Waals surface area (Å²) < 4.78 is 0. The molecule has 4 heteroatoms. The molecule has 0 spiro atoms. The summed E-state index contributed by atoms with van der Waals surface area (Å²) in [5, 5.41) is 5.33. The molecule has 2 N–H and O–H groups in total. The Hall–Kier alpha value is -1.84. The van der Waals surface area contributed by atoms with E-state index in [0.29, 0.717) is 12.5 Å². The van der Waals surface area contributed by atoms with Gasteiger partial charge in [-0.05, 0) is 44.2 Å². The average Bonchev–Trinajstić information content (AvgIpc) is 2.32. The number of hydrogen-bond donors (Lipinski definition) is 2. The number of carbonyl (C=O) groups is 2. The van der Waals surface area contributed by atoms with E-state index in [2.05, 4.69) is 24.5 Å². The molecule has 0 unspecified atom stereocenters. The second-order valence-electron chi connectivity index (χ2n) is 5.67. The normalized spacial score (nSPS) is 10.5. The van der Waals surface area contributed by atoms with Crippen LogP contribution in [0.15, 0.2) is 12.1 Å². The third kappa shape index (κ3) is 4.68. The first-order valence-corrected chi connectivity index (χ1v) is 6.98. The first-order valence-electron chi connectivity index (χ1n) is 6.98. The molecular weight excluding hydrogens is 252 g/mol. The topological polar surface area (TPSA) is 58.2 Å². The van der Waals surface area contributed by atoms with Crippen LogP contribution in [-0.2, 0) is 9.59 Å². The molecule has 1 aromatic carbocycles. The second-order valence-corrected chi connectivity index (χ2v) is 5.67. The molecule has 0 fully saturated rings. The quantitative estimate of drug-likeness (QED) is 0.831. The van der Waals surface area contributed by atoms with E-state index < -0.39 is 11.8 Å². The molecule has 0 aliphatic rings. The molecule has 0 aliphatic carbocycles. The third-order valence-electron chi connectivity index (χ3n) is 3.13. The van der Waals surface area contributed by atoms with Gasteiger partial charge in [0.25, 0.3) is 0 Å². The number of carbonyl (C=O) groups excluding carboxylic acids is 2. The lowest BCUT2D eigenvalue weighted by molar-refractivity contribution is -0.136. The Morgan fingerprint density at radius 1 is 1.05 bits per heavy atom. The van der Waals surface area contributed by atoms with Crippen molar-refractivity contribution in [3.05, 3.63) is 28.8 Å². The lowest BCUT2D eigenvalue weighted by Gasteiger charge is -2.13. The van der Waals surface area contributed by atoms with Crippen molar-refractivity contribution in [2.75, 3.05) is 11.9 Å². The van der Waals surface area contributed by atoms with Crippen molar-refractivity contribution in [2.24, 2.45) is 5.92 Å². The van der Waals surface area contributed by atoms with E-state index in [1.54, 1.807) is 0 Å². The van der Waals surface area contributed by atoms with E-state index in [1.807, 2.05) is 32.9 Å². The van der Waals surface area contributed by atoms with Crippen molar-refractivity contribution >= 4 is 17.5 Å². The van der Waals surface area contributed by atoms with Gasteiger partial charge in [0.2, 0.25) is 0 Å². The maximum absolute atomic E-state index is 11.9. The van der Waals surface area contributed by atoms with Gasteiger partial charge in [-0.3, -0.25) is 9.59 Å². The summed E-state index contributed by atoms with van der Waals surface area (Å²) in [5.74, 6) is -0.686. The SMILES string of the molecule is Cc1cc(C)c(NC(=O)C(=O)NCCC(C)C)c(C)c1. The second kappa shape index (κ2) is 7.08. The predicted molar refractivity (Wildman–Crippen MR) is 81.7 cm³/mol. The number of benzene rings is 1. The van der Waals surface area contributed by atoms with Crippen LogP contribution in [0.2, 0.25) is 0 Å². The zero-order chi connectivity index (χ0) is 15.3. The van der Waals surface area contributed by atoms with E-state index >= 15 is 0 Å². The Morgan fingerprint density at radius 3 is 2.10 bits per heavy atom. The molecule has 0 saturated heterocycles. The van der Waals surface area contributed by atoms with E-state index in [1.165, 1.54) is 0 Å². The fraction of sp³-hybridized carbons (Fsp3) is 0.500. The Bertz CT molecular complexity index is 484. The number of aryl methyl sites for hydroxylation is 3. The Morgan fingerprint density at radius 2 is 1.60 bits per heavy atom. The monoisotopic (exact) mass is 276 g/mol. The third-order valence-corrected chi connectivity index (χ3v) is 3.13. The molecule has 110 valence electrons. The van der Waals surface area contributed by atoms with Gasteiger partial charge in [0.1, 0.15) is 0 Å². The van der Waals surface area contributed by atoms with Crippen LogP contribution in [-0.4, -0.2) is 18.4 Å². The van der Waals surface area contributed by atoms with Crippen molar-refractivity contribution < 1.29 is 9.59 Å². The molecule has 0 radical (unpaired) electrons. The van der Waals surface area contributed by atoms with Crippen LogP contribution in [0.25, 0.3) is 0 Å².